The topological polar surface area (TPSA) is 57.6 Å². The van der Waals surface area contributed by atoms with Crippen molar-refractivity contribution >= 4 is 21.6 Å². The molecule has 0 aromatic heterocycles. The molecule has 4 rings (SSSR count). The highest BCUT2D eigenvalue weighted by Crippen LogP contribution is 2.45. The summed E-state index contributed by atoms with van der Waals surface area (Å²) >= 11 is 6.22. The minimum atomic E-state index is -3.82. The molecule has 0 spiro atoms. The zero-order valence-electron chi connectivity index (χ0n) is 15.9. The van der Waals surface area contributed by atoms with Crippen LogP contribution in [0, 0.1) is 18.6 Å². The molecule has 2 aromatic carbocycles. The Balaban J connectivity index is 1.60. The fraction of sp³-hybridized carbons (Fsp3) is 0.429. The molecule has 2 saturated heterocycles. The summed E-state index contributed by atoms with van der Waals surface area (Å²) in [5.74, 6) is -1.37. The minimum Gasteiger partial charge on any atom is -0.389 e. The summed E-state index contributed by atoms with van der Waals surface area (Å²) in [5.41, 5.74) is -0.148. The number of hydrogen-bond acceptors (Lipinski definition) is 3. The fourth-order valence-electron chi connectivity index (χ4n) is 4.77. The lowest BCUT2D eigenvalue weighted by molar-refractivity contribution is -0.0290. The van der Waals surface area contributed by atoms with Gasteiger partial charge < -0.3 is 5.11 Å². The van der Waals surface area contributed by atoms with Crippen LogP contribution in [0.1, 0.15) is 36.8 Å². The average molecular weight is 442 g/mol. The Labute approximate surface area is 174 Å². The fourth-order valence-corrected chi connectivity index (χ4v) is 7.21. The van der Waals surface area contributed by atoms with Crippen molar-refractivity contribution in [2.75, 3.05) is 0 Å². The van der Waals surface area contributed by atoms with E-state index in [1.165, 1.54) is 16.4 Å². The summed E-state index contributed by atoms with van der Waals surface area (Å²) in [6.45, 7) is 1.83. The van der Waals surface area contributed by atoms with Crippen molar-refractivity contribution in [2.45, 2.75) is 61.6 Å². The molecule has 0 unspecified atom stereocenters. The lowest BCUT2D eigenvalue weighted by atomic mass is 9.82. The van der Waals surface area contributed by atoms with Gasteiger partial charge in [0.1, 0.15) is 16.5 Å². The quantitative estimate of drug-likeness (QED) is 0.773. The summed E-state index contributed by atoms with van der Waals surface area (Å²) in [6.07, 6.45) is 1.67. The number of aliphatic hydroxyl groups is 1. The Kier molecular flexibility index (Phi) is 5.22. The molecule has 2 bridgehead atoms. The van der Waals surface area contributed by atoms with E-state index >= 15 is 0 Å². The summed E-state index contributed by atoms with van der Waals surface area (Å²) < 4.78 is 55.3. The monoisotopic (exact) mass is 441 g/mol. The van der Waals surface area contributed by atoms with E-state index < -0.39 is 27.3 Å². The van der Waals surface area contributed by atoms with Gasteiger partial charge in [0.05, 0.1) is 10.6 Å². The molecule has 2 heterocycles. The molecule has 8 heteroatoms. The summed E-state index contributed by atoms with van der Waals surface area (Å²) in [4.78, 5) is 0.0664. The van der Waals surface area contributed by atoms with Crippen molar-refractivity contribution in [3.05, 3.63) is 64.2 Å². The van der Waals surface area contributed by atoms with Gasteiger partial charge in [-0.25, -0.2) is 17.2 Å². The van der Waals surface area contributed by atoms with E-state index in [4.69, 9.17) is 11.6 Å². The summed E-state index contributed by atoms with van der Waals surface area (Å²) in [6, 6.07) is 7.36. The molecule has 2 aromatic rings. The third-order valence-corrected chi connectivity index (χ3v) is 8.45. The zero-order valence-corrected chi connectivity index (χ0v) is 17.5. The summed E-state index contributed by atoms with van der Waals surface area (Å²) in [7, 11) is -3.82. The van der Waals surface area contributed by atoms with E-state index in [1.54, 1.807) is 12.1 Å². The van der Waals surface area contributed by atoms with Crippen LogP contribution >= 0.6 is 11.6 Å². The Morgan fingerprint density at radius 3 is 2.38 bits per heavy atom. The molecule has 1 N–H and O–H groups in total. The predicted molar refractivity (Wildman–Crippen MR) is 106 cm³/mol. The van der Waals surface area contributed by atoms with E-state index in [-0.39, 0.29) is 46.8 Å². The molecule has 29 heavy (non-hydrogen) atoms. The molecular formula is C21H22ClF2NO3S. The van der Waals surface area contributed by atoms with Crippen LogP contribution in [-0.2, 0) is 16.4 Å². The van der Waals surface area contributed by atoms with Gasteiger partial charge in [-0.3, -0.25) is 0 Å². The molecule has 156 valence electrons. The third-order valence-electron chi connectivity index (χ3n) is 5.96. The Morgan fingerprint density at radius 2 is 1.79 bits per heavy atom. The van der Waals surface area contributed by atoms with Crippen molar-refractivity contribution in [3.8, 4) is 0 Å². The van der Waals surface area contributed by atoms with Crippen molar-refractivity contribution in [3.63, 3.8) is 0 Å². The van der Waals surface area contributed by atoms with Crippen molar-refractivity contribution in [1.29, 1.82) is 0 Å². The van der Waals surface area contributed by atoms with Gasteiger partial charge in [0, 0.05) is 24.6 Å². The van der Waals surface area contributed by atoms with E-state index in [0.717, 1.165) is 17.7 Å². The smallest absolute Gasteiger partial charge is 0.245 e. The number of benzene rings is 2. The molecular weight excluding hydrogens is 420 g/mol. The largest absolute Gasteiger partial charge is 0.389 e. The van der Waals surface area contributed by atoms with Gasteiger partial charge in [-0.1, -0.05) is 23.7 Å². The normalized spacial score (nSPS) is 27.3. The molecule has 2 fully saturated rings. The minimum absolute atomic E-state index is 0.0191. The van der Waals surface area contributed by atoms with Gasteiger partial charge in [-0.2, -0.15) is 4.31 Å². The molecule has 4 nitrogen and oxygen atoms in total. The highest BCUT2D eigenvalue weighted by atomic mass is 35.5. The number of fused-ring (bicyclic) bond motifs is 2. The number of halogens is 3. The molecule has 0 aliphatic carbocycles. The Morgan fingerprint density at radius 1 is 1.14 bits per heavy atom. The van der Waals surface area contributed by atoms with Crippen LogP contribution in [0.5, 0.6) is 0 Å². The first-order chi connectivity index (χ1) is 13.6. The number of rotatable bonds is 4. The first kappa shape index (κ1) is 20.7. The van der Waals surface area contributed by atoms with E-state index in [9.17, 15) is 22.3 Å². The maximum absolute atomic E-state index is 14.1. The van der Waals surface area contributed by atoms with Crippen LogP contribution in [0.4, 0.5) is 8.78 Å². The lowest BCUT2D eigenvalue weighted by Gasteiger charge is -2.43. The van der Waals surface area contributed by atoms with Crippen LogP contribution in [0.25, 0.3) is 0 Å². The molecule has 0 saturated carbocycles. The Hall–Kier alpha value is -1.54. The van der Waals surface area contributed by atoms with E-state index in [2.05, 4.69) is 0 Å². The lowest BCUT2D eigenvalue weighted by Crippen LogP contribution is -2.54. The van der Waals surface area contributed by atoms with Crippen LogP contribution < -0.4 is 0 Å². The maximum Gasteiger partial charge on any atom is 0.245 e. The predicted octanol–water partition coefficient (Wildman–Crippen LogP) is 4.22. The second-order valence-electron chi connectivity index (χ2n) is 8.20. The highest BCUT2D eigenvalue weighted by Gasteiger charge is 2.52. The van der Waals surface area contributed by atoms with Gasteiger partial charge in [0.15, 0.2) is 0 Å². The molecule has 0 amide bonds. The number of nitrogens with zero attached hydrogens (tertiary/aromatic N) is 1. The van der Waals surface area contributed by atoms with Crippen LogP contribution in [0.3, 0.4) is 0 Å². The molecule has 2 atom stereocenters. The second-order valence-corrected chi connectivity index (χ2v) is 10.4. The van der Waals surface area contributed by atoms with Crippen molar-refractivity contribution in [2.24, 2.45) is 0 Å². The van der Waals surface area contributed by atoms with Crippen molar-refractivity contribution in [1.82, 2.24) is 4.31 Å². The first-order valence-electron chi connectivity index (χ1n) is 9.55. The molecule has 2 aliphatic rings. The van der Waals surface area contributed by atoms with Crippen LogP contribution in [0.15, 0.2) is 41.3 Å². The number of hydrogen-bond donors (Lipinski definition) is 1. The summed E-state index contributed by atoms with van der Waals surface area (Å²) in [5, 5.41) is 11.3. The standard InChI is InChI=1S/C21H22ClF2NO3S/c1-13-2-7-20(18(22)8-13)29(27,28)25-16-5-6-17(25)12-21(26,11-16)10-14-3-4-15(23)9-19(14)24/h2-4,7-9,16-17,26H,5-6,10-12H2,1H3/t16-,17-/m0/s1. The van der Waals surface area contributed by atoms with Gasteiger partial charge in [0.2, 0.25) is 10.0 Å². The zero-order chi connectivity index (χ0) is 21.0. The number of piperidine rings is 1. The van der Waals surface area contributed by atoms with E-state index in [1.807, 2.05) is 6.92 Å². The molecule has 2 aliphatic heterocycles. The third kappa shape index (κ3) is 3.81. The first-order valence-corrected chi connectivity index (χ1v) is 11.4. The van der Waals surface area contributed by atoms with Crippen LogP contribution in [-0.4, -0.2) is 35.5 Å². The Bertz CT molecular complexity index is 1050. The van der Waals surface area contributed by atoms with Gasteiger partial charge in [0.25, 0.3) is 0 Å². The SMILES string of the molecule is Cc1ccc(S(=O)(=O)N2[C@H]3CC[C@H]2CC(O)(Cc2ccc(F)cc2F)C3)c(Cl)c1. The maximum atomic E-state index is 14.1. The highest BCUT2D eigenvalue weighted by molar-refractivity contribution is 7.89. The second kappa shape index (κ2) is 7.30. The van der Waals surface area contributed by atoms with Crippen LogP contribution in [0.2, 0.25) is 5.02 Å². The average Bonchev–Trinajstić information content (AvgIpc) is 2.91. The van der Waals surface area contributed by atoms with Gasteiger partial charge in [-0.05, 0) is 61.9 Å². The number of aryl methyl sites for hydroxylation is 1. The van der Waals surface area contributed by atoms with Gasteiger partial charge in [-0.15, -0.1) is 0 Å². The van der Waals surface area contributed by atoms with E-state index in [0.29, 0.717) is 12.8 Å². The molecule has 0 radical (unpaired) electrons. The number of sulfonamides is 1. The van der Waals surface area contributed by atoms with Gasteiger partial charge >= 0.3 is 0 Å². The van der Waals surface area contributed by atoms with Crippen molar-refractivity contribution < 1.29 is 22.3 Å².